The van der Waals surface area contributed by atoms with Crippen molar-refractivity contribution in [3.05, 3.63) is 0 Å². The van der Waals surface area contributed by atoms with Crippen LogP contribution in [0.4, 0.5) is 0 Å². The Balaban J connectivity index is 3.15. The Labute approximate surface area is 175 Å². The third-order valence-corrected chi connectivity index (χ3v) is 5.82. The standard InChI is InChI=1S/C25H50O3/c1-2-3-4-5-6-7-8-9-12-15-18-21-24(26)22-19-16-13-10-11-14-17-20-23-25(27)28/h24,26H,2-23H2,1H3,(H,27,28). The van der Waals surface area contributed by atoms with Gasteiger partial charge in [-0.2, -0.15) is 0 Å². The first-order valence-electron chi connectivity index (χ1n) is 12.6. The van der Waals surface area contributed by atoms with E-state index in [1.807, 2.05) is 0 Å². The summed E-state index contributed by atoms with van der Waals surface area (Å²) in [4.78, 5) is 10.4. The maximum Gasteiger partial charge on any atom is 0.303 e. The molecule has 0 aromatic carbocycles. The van der Waals surface area contributed by atoms with Crippen molar-refractivity contribution in [2.75, 3.05) is 0 Å². The van der Waals surface area contributed by atoms with Crippen molar-refractivity contribution in [1.29, 1.82) is 0 Å². The minimum absolute atomic E-state index is 0.0883. The summed E-state index contributed by atoms with van der Waals surface area (Å²) in [5.41, 5.74) is 0. The molecular formula is C25H50O3. The van der Waals surface area contributed by atoms with Gasteiger partial charge >= 0.3 is 5.97 Å². The average Bonchev–Trinajstić information content (AvgIpc) is 2.67. The lowest BCUT2D eigenvalue weighted by Gasteiger charge is -2.10. The average molecular weight is 399 g/mol. The molecule has 2 N–H and O–H groups in total. The first-order valence-corrected chi connectivity index (χ1v) is 12.6. The molecule has 0 aromatic rings. The maximum absolute atomic E-state index is 10.4. The van der Waals surface area contributed by atoms with Crippen LogP contribution in [0.15, 0.2) is 0 Å². The van der Waals surface area contributed by atoms with Crippen LogP contribution in [0.3, 0.4) is 0 Å². The molecule has 3 nitrogen and oxygen atoms in total. The van der Waals surface area contributed by atoms with Crippen molar-refractivity contribution in [2.24, 2.45) is 0 Å². The predicted octanol–water partition coefficient (Wildman–Crippen LogP) is 8.03. The SMILES string of the molecule is CCCCCCCCCCCCCC(O)CCCCCCCCCCC(=O)O. The van der Waals surface area contributed by atoms with Gasteiger partial charge in [0.1, 0.15) is 0 Å². The molecule has 0 aliphatic heterocycles. The summed E-state index contributed by atoms with van der Waals surface area (Å²) >= 11 is 0. The third-order valence-electron chi connectivity index (χ3n) is 5.82. The number of hydrogen-bond acceptors (Lipinski definition) is 2. The molecule has 0 saturated carbocycles. The fourth-order valence-corrected chi connectivity index (χ4v) is 3.91. The van der Waals surface area contributed by atoms with E-state index in [0.29, 0.717) is 6.42 Å². The Kier molecular flexibility index (Phi) is 22.3. The second-order valence-electron chi connectivity index (χ2n) is 8.74. The van der Waals surface area contributed by atoms with Crippen LogP contribution >= 0.6 is 0 Å². The molecule has 1 atom stereocenters. The number of aliphatic hydroxyl groups excluding tert-OH is 1. The number of carboxylic acid groups (broad SMARTS) is 1. The Morgan fingerprint density at radius 3 is 1.25 bits per heavy atom. The Bertz CT molecular complexity index is 317. The monoisotopic (exact) mass is 398 g/mol. The Hall–Kier alpha value is -0.570. The van der Waals surface area contributed by atoms with E-state index in [-0.39, 0.29) is 6.10 Å². The molecule has 0 bridgehead atoms. The summed E-state index contributed by atoms with van der Waals surface area (Å²) in [5.74, 6) is -0.674. The van der Waals surface area contributed by atoms with Crippen LogP contribution in [-0.4, -0.2) is 22.3 Å². The normalized spacial score (nSPS) is 12.4. The number of carbonyl (C=O) groups is 1. The van der Waals surface area contributed by atoms with Crippen molar-refractivity contribution >= 4 is 5.97 Å². The number of aliphatic hydroxyl groups is 1. The first kappa shape index (κ1) is 27.4. The van der Waals surface area contributed by atoms with Gasteiger partial charge in [-0.25, -0.2) is 0 Å². The summed E-state index contributed by atoms with van der Waals surface area (Å²) in [6.07, 6.45) is 26.3. The van der Waals surface area contributed by atoms with Crippen molar-refractivity contribution in [1.82, 2.24) is 0 Å². The molecule has 0 aliphatic carbocycles. The molecule has 3 heteroatoms. The molecule has 0 fully saturated rings. The second-order valence-corrected chi connectivity index (χ2v) is 8.74. The van der Waals surface area contributed by atoms with Crippen LogP contribution in [-0.2, 0) is 4.79 Å². The zero-order chi connectivity index (χ0) is 20.7. The van der Waals surface area contributed by atoms with E-state index in [2.05, 4.69) is 6.92 Å². The molecular weight excluding hydrogens is 348 g/mol. The molecule has 0 aliphatic rings. The van der Waals surface area contributed by atoms with Crippen LogP contribution < -0.4 is 0 Å². The molecule has 0 amide bonds. The quantitative estimate of drug-likeness (QED) is 0.171. The molecule has 0 heterocycles. The summed E-state index contributed by atoms with van der Waals surface area (Å²) in [6, 6.07) is 0. The number of rotatable bonds is 23. The molecule has 0 saturated heterocycles. The smallest absolute Gasteiger partial charge is 0.303 e. The molecule has 0 radical (unpaired) electrons. The number of hydrogen-bond donors (Lipinski definition) is 2. The Morgan fingerprint density at radius 1 is 0.571 bits per heavy atom. The van der Waals surface area contributed by atoms with Crippen LogP contribution in [0, 0.1) is 0 Å². The van der Waals surface area contributed by atoms with Gasteiger partial charge in [0, 0.05) is 6.42 Å². The highest BCUT2D eigenvalue weighted by Crippen LogP contribution is 2.15. The lowest BCUT2D eigenvalue weighted by Crippen LogP contribution is -2.05. The molecule has 0 rings (SSSR count). The molecule has 0 spiro atoms. The van der Waals surface area contributed by atoms with Gasteiger partial charge in [-0.3, -0.25) is 4.79 Å². The highest BCUT2D eigenvalue weighted by molar-refractivity contribution is 5.66. The van der Waals surface area contributed by atoms with Crippen LogP contribution in [0.5, 0.6) is 0 Å². The van der Waals surface area contributed by atoms with Crippen molar-refractivity contribution in [2.45, 2.75) is 154 Å². The minimum Gasteiger partial charge on any atom is -0.481 e. The summed E-state index contributed by atoms with van der Waals surface area (Å²) in [6.45, 7) is 2.27. The number of aliphatic carboxylic acids is 1. The number of carboxylic acids is 1. The van der Waals surface area contributed by atoms with E-state index >= 15 is 0 Å². The number of unbranched alkanes of at least 4 members (excludes halogenated alkanes) is 17. The predicted molar refractivity (Wildman–Crippen MR) is 121 cm³/mol. The van der Waals surface area contributed by atoms with E-state index in [1.54, 1.807) is 0 Å². The van der Waals surface area contributed by atoms with Gasteiger partial charge in [-0.15, -0.1) is 0 Å². The van der Waals surface area contributed by atoms with Gasteiger partial charge in [0.05, 0.1) is 6.10 Å². The maximum atomic E-state index is 10.4. The highest BCUT2D eigenvalue weighted by atomic mass is 16.4. The topological polar surface area (TPSA) is 57.5 Å². The Morgan fingerprint density at radius 2 is 0.893 bits per heavy atom. The van der Waals surface area contributed by atoms with Crippen molar-refractivity contribution in [3.63, 3.8) is 0 Å². The molecule has 1 unspecified atom stereocenters. The summed E-state index contributed by atoms with van der Waals surface area (Å²) in [5, 5.41) is 18.7. The summed E-state index contributed by atoms with van der Waals surface area (Å²) < 4.78 is 0. The largest absolute Gasteiger partial charge is 0.481 e. The van der Waals surface area contributed by atoms with E-state index in [1.165, 1.54) is 96.3 Å². The third kappa shape index (κ3) is 23.5. The van der Waals surface area contributed by atoms with Gasteiger partial charge in [0.2, 0.25) is 0 Å². The fraction of sp³-hybridized carbons (Fsp3) is 0.960. The van der Waals surface area contributed by atoms with Gasteiger partial charge in [-0.05, 0) is 19.3 Å². The van der Waals surface area contributed by atoms with Gasteiger partial charge in [0.15, 0.2) is 0 Å². The van der Waals surface area contributed by atoms with E-state index in [9.17, 15) is 9.90 Å². The zero-order valence-electron chi connectivity index (χ0n) is 18.9. The van der Waals surface area contributed by atoms with Crippen LogP contribution in [0.25, 0.3) is 0 Å². The molecule has 168 valence electrons. The van der Waals surface area contributed by atoms with Gasteiger partial charge in [0.25, 0.3) is 0 Å². The molecule has 0 aromatic heterocycles. The second kappa shape index (κ2) is 22.7. The zero-order valence-corrected chi connectivity index (χ0v) is 18.9. The van der Waals surface area contributed by atoms with E-state index in [4.69, 9.17) is 5.11 Å². The highest BCUT2D eigenvalue weighted by Gasteiger charge is 2.04. The molecule has 28 heavy (non-hydrogen) atoms. The van der Waals surface area contributed by atoms with Crippen LogP contribution in [0.1, 0.15) is 148 Å². The van der Waals surface area contributed by atoms with Crippen molar-refractivity contribution in [3.8, 4) is 0 Å². The van der Waals surface area contributed by atoms with E-state index in [0.717, 1.165) is 38.5 Å². The lowest BCUT2D eigenvalue weighted by atomic mass is 10.0. The van der Waals surface area contributed by atoms with Gasteiger partial charge in [-0.1, -0.05) is 122 Å². The van der Waals surface area contributed by atoms with E-state index < -0.39 is 5.97 Å². The minimum atomic E-state index is -0.674. The van der Waals surface area contributed by atoms with Gasteiger partial charge < -0.3 is 10.2 Å². The first-order chi connectivity index (χ1) is 13.7. The fourth-order valence-electron chi connectivity index (χ4n) is 3.91. The lowest BCUT2D eigenvalue weighted by molar-refractivity contribution is -0.137. The van der Waals surface area contributed by atoms with Crippen molar-refractivity contribution < 1.29 is 15.0 Å². The van der Waals surface area contributed by atoms with Crippen LogP contribution in [0.2, 0.25) is 0 Å². The summed E-state index contributed by atoms with van der Waals surface area (Å²) in [7, 11) is 0.